The van der Waals surface area contributed by atoms with Crippen molar-refractivity contribution in [3.8, 4) is 0 Å². The predicted octanol–water partition coefficient (Wildman–Crippen LogP) is 3.69. The molecule has 1 heterocycles. The Labute approximate surface area is 115 Å². The van der Waals surface area contributed by atoms with Crippen LogP contribution in [0.5, 0.6) is 0 Å². The highest BCUT2D eigenvalue weighted by molar-refractivity contribution is 14.2. The van der Waals surface area contributed by atoms with Crippen LogP contribution in [-0.2, 0) is 0 Å². The van der Waals surface area contributed by atoms with Gasteiger partial charge in [-0.3, -0.25) is 0 Å². The van der Waals surface area contributed by atoms with Crippen molar-refractivity contribution >= 4 is 46.1 Å². The monoisotopic (exact) mass is 395 g/mol. The predicted molar refractivity (Wildman–Crippen MR) is 81.4 cm³/mol. The van der Waals surface area contributed by atoms with Crippen LogP contribution in [0.4, 0.5) is 5.69 Å². The molecular weight excluding hydrogens is 381 g/mol. The average Bonchev–Trinajstić information content (AvgIpc) is 2.61. The maximum atomic E-state index is 9.33. The van der Waals surface area contributed by atoms with Crippen LogP contribution in [-0.4, -0.2) is 15.2 Å². The SMILES string of the molecule is CC(C)(CO)CC1=INc2ccc(Br)cc21. The Balaban J connectivity index is 2.26. The highest BCUT2D eigenvalue weighted by Crippen LogP contribution is 2.36. The highest BCUT2D eigenvalue weighted by Gasteiger charge is 2.23. The molecule has 88 valence electrons. The van der Waals surface area contributed by atoms with Crippen LogP contribution in [0.15, 0.2) is 22.7 Å². The Morgan fingerprint density at radius 1 is 1.44 bits per heavy atom. The molecule has 0 spiro atoms. The van der Waals surface area contributed by atoms with Crippen molar-refractivity contribution in [1.29, 1.82) is 0 Å². The molecule has 0 radical (unpaired) electrons. The lowest BCUT2D eigenvalue weighted by molar-refractivity contribution is 0.167. The molecular formula is C12H15BrINO. The van der Waals surface area contributed by atoms with Gasteiger partial charge in [0.1, 0.15) is 0 Å². The molecule has 0 amide bonds. The van der Waals surface area contributed by atoms with Crippen LogP contribution < -0.4 is 3.53 Å². The summed E-state index contributed by atoms with van der Waals surface area (Å²) in [6.07, 6.45) is 0.979. The van der Waals surface area contributed by atoms with Crippen molar-refractivity contribution in [1.82, 2.24) is 0 Å². The van der Waals surface area contributed by atoms with Gasteiger partial charge in [0, 0.05) is 41.2 Å². The van der Waals surface area contributed by atoms with Gasteiger partial charge < -0.3 is 8.64 Å². The first-order chi connectivity index (χ1) is 7.52. The lowest BCUT2D eigenvalue weighted by atomic mass is 9.87. The number of anilines is 1. The quantitative estimate of drug-likeness (QED) is 0.604. The Morgan fingerprint density at radius 3 is 2.88 bits per heavy atom. The van der Waals surface area contributed by atoms with Crippen LogP contribution in [0.3, 0.4) is 0 Å². The Morgan fingerprint density at radius 2 is 2.19 bits per heavy atom. The summed E-state index contributed by atoms with van der Waals surface area (Å²) in [6.45, 7) is 4.46. The van der Waals surface area contributed by atoms with Gasteiger partial charge in [-0.15, -0.1) is 0 Å². The zero-order valence-corrected chi connectivity index (χ0v) is 13.1. The normalized spacial score (nSPS) is 14.9. The molecule has 0 atom stereocenters. The summed E-state index contributed by atoms with van der Waals surface area (Å²) in [5.41, 5.74) is 2.57. The number of rotatable bonds is 3. The van der Waals surface area contributed by atoms with E-state index in [1.54, 1.807) is 0 Å². The molecule has 0 bridgehead atoms. The second kappa shape index (κ2) is 4.74. The van der Waals surface area contributed by atoms with Crippen LogP contribution in [0, 0.1) is 5.41 Å². The van der Waals surface area contributed by atoms with Crippen molar-refractivity contribution in [2.24, 2.45) is 5.41 Å². The number of nitrogens with one attached hydrogen (secondary N) is 1. The Bertz CT molecular complexity index is 443. The van der Waals surface area contributed by atoms with Gasteiger partial charge in [0.2, 0.25) is 0 Å². The molecule has 4 heteroatoms. The second-order valence-corrected chi connectivity index (χ2v) is 8.08. The second-order valence-electron chi connectivity index (χ2n) is 4.78. The van der Waals surface area contributed by atoms with Gasteiger partial charge in [0.05, 0.1) is 5.69 Å². The van der Waals surface area contributed by atoms with Gasteiger partial charge in [-0.2, -0.15) is 0 Å². The van der Waals surface area contributed by atoms with E-state index in [1.807, 2.05) is 0 Å². The van der Waals surface area contributed by atoms with E-state index >= 15 is 0 Å². The number of aliphatic hydroxyl groups excluding tert-OH is 1. The number of hydrogen-bond donors (Lipinski definition) is 2. The smallest absolute Gasteiger partial charge is 0.0505 e. The van der Waals surface area contributed by atoms with Crippen molar-refractivity contribution in [2.75, 3.05) is 10.1 Å². The first kappa shape index (κ1) is 12.5. The van der Waals surface area contributed by atoms with Crippen molar-refractivity contribution in [3.05, 3.63) is 28.2 Å². The van der Waals surface area contributed by atoms with E-state index in [4.69, 9.17) is 0 Å². The first-order valence-electron chi connectivity index (χ1n) is 5.18. The van der Waals surface area contributed by atoms with Gasteiger partial charge in [0.15, 0.2) is 0 Å². The minimum atomic E-state index is -0.104. The minimum Gasteiger partial charge on any atom is -0.396 e. The lowest BCUT2D eigenvalue weighted by Crippen LogP contribution is -2.20. The van der Waals surface area contributed by atoms with E-state index in [9.17, 15) is 5.11 Å². The van der Waals surface area contributed by atoms with Gasteiger partial charge >= 0.3 is 0 Å². The van der Waals surface area contributed by atoms with E-state index in [0.29, 0.717) is 0 Å². The summed E-state index contributed by atoms with van der Waals surface area (Å²) in [4.78, 5) is 0. The topological polar surface area (TPSA) is 32.3 Å². The highest BCUT2D eigenvalue weighted by atomic mass is 127. The van der Waals surface area contributed by atoms with Gasteiger partial charge in [-0.05, 0) is 30.0 Å². The van der Waals surface area contributed by atoms with Gasteiger partial charge in [-0.25, -0.2) is 0 Å². The van der Waals surface area contributed by atoms with E-state index in [-0.39, 0.29) is 33.0 Å². The summed E-state index contributed by atoms with van der Waals surface area (Å²) in [5.74, 6) is 0. The lowest BCUT2D eigenvalue weighted by Gasteiger charge is -2.21. The van der Waals surface area contributed by atoms with Crippen LogP contribution in [0.25, 0.3) is 0 Å². The Kier molecular flexibility index (Phi) is 3.71. The van der Waals surface area contributed by atoms with Gasteiger partial charge in [-0.1, -0.05) is 29.8 Å². The molecule has 1 aromatic carbocycles. The van der Waals surface area contributed by atoms with Crippen LogP contribution in [0.1, 0.15) is 25.8 Å². The molecule has 0 aliphatic carbocycles. The molecule has 0 saturated carbocycles. The Hall–Kier alpha value is 0.0600. The van der Waals surface area contributed by atoms with E-state index < -0.39 is 0 Å². The number of hydrogen-bond acceptors (Lipinski definition) is 2. The van der Waals surface area contributed by atoms with Crippen LogP contribution >= 0.6 is 36.9 Å². The minimum absolute atomic E-state index is 0.0132. The van der Waals surface area contributed by atoms with E-state index in [1.165, 1.54) is 14.8 Å². The fourth-order valence-corrected chi connectivity index (χ4v) is 4.99. The molecule has 0 unspecified atom stereocenters. The van der Waals surface area contributed by atoms with Crippen LogP contribution in [0.2, 0.25) is 0 Å². The zero-order valence-electron chi connectivity index (χ0n) is 9.35. The fraction of sp³-hybridized carbons (Fsp3) is 0.417. The number of halogens is 2. The summed E-state index contributed by atoms with van der Waals surface area (Å²) in [6, 6.07) is 6.37. The first-order valence-corrected chi connectivity index (χ1v) is 8.13. The molecule has 0 saturated heterocycles. The molecule has 1 aromatic rings. The number of fused-ring (bicyclic) bond motifs is 1. The largest absolute Gasteiger partial charge is 0.396 e. The average molecular weight is 396 g/mol. The maximum Gasteiger partial charge on any atom is 0.0505 e. The molecule has 0 aromatic heterocycles. The van der Waals surface area contributed by atoms with E-state index in [2.05, 4.69) is 51.5 Å². The van der Waals surface area contributed by atoms with Crippen molar-refractivity contribution in [2.45, 2.75) is 20.3 Å². The number of benzene rings is 1. The summed E-state index contributed by atoms with van der Waals surface area (Å²) < 4.78 is 6.11. The standard InChI is InChI=1S/C12H15BrINO/c1-12(2,7-16)6-10-9-5-8(13)3-4-11(9)15-14-10/h3-5,15-16H,6-7H2,1-2H3. The summed E-state index contributed by atoms with van der Waals surface area (Å²) in [7, 11) is 0. The molecule has 2 nitrogen and oxygen atoms in total. The summed E-state index contributed by atoms with van der Waals surface area (Å²) >= 11 is 3.41. The molecule has 2 N–H and O–H groups in total. The zero-order chi connectivity index (χ0) is 11.8. The molecule has 16 heavy (non-hydrogen) atoms. The van der Waals surface area contributed by atoms with Crippen molar-refractivity contribution < 1.29 is 5.11 Å². The molecule has 1 aliphatic heterocycles. The fourth-order valence-electron chi connectivity index (χ4n) is 1.59. The third-order valence-corrected chi connectivity index (χ3v) is 5.56. The van der Waals surface area contributed by atoms with Gasteiger partial charge in [0.25, 0.3) is 0 Å². The molecule has 1 aliphatic rings. The maximum absolute atomic E-state index is 9.33. The summed E-state index contributed by atoms with van der Waals surface area (Å²) in [5, 5.41) is 9.33. The third-order valence-electron chi connectivity index (χ3n) is 2.60. The molecule has 2 rings (SSSR count). The van der Waals surface area contributed by atoms with E-state index in [0.717, 1.165) is 10.9 Å². The third kappa shape index (κ3) is 2.65. The molecule has 0 fully saturated rings. The number of aliphatic hydroxyl groups is 1. The van der Waals surface area contributed by atoms with Crippen molar-refractivity contribution in [3.63, 3.8) is 0 Å².